The second kappa shape index (κ2) is 9.66. The van der Waals surface area contributed by atoms with Crippen LogP contribution < -0.4 is 10.6 Å². The molecule has 1 aliphatic heterocycles. The lowest BCUT2D eigenvalue weighted by molar-refractivity contribution is 0.0943. The van der Waals surface area contributed by atoms with Gasteiger partial charge in [0, 0.05) is 31.4 Å². The zero-order chi connectivity index (χ0) is 23.3. The summed E-state index contributed by atoms with van der Waals surface area (Å²) in [4.78, 5) is 27.3. The molecule has 5 rings (SSSR count). The number of para-hydroxylation sites is 1. The summed E-state index contributed by atoms with van der Waals surface area (Å²) < 4.78 is 7.08. The fraction of sp³-hybridized carbons (Fsp3) is 0.192. The molecule has 4 aromatic rings. The number of carbonyl (C=O) groups is 2. The first-order valence-corrected chi connectivity index (χ1v) is 11.3. The van der Waals surface area contributed by atoms with Crippen molar-refractivity contribution in [1.82, 2.24) is 20.0 Å². The minimum absolute atomic E-state index is 0.0871. The average Bonchev–Trinajstić information content (AvgIpc) is 3.64. The zero-order valence-electron chi connectivity index (χ0n) is 18.6. The Bertz CT molecular complexity index is 1280. The number of hydrogen-bond donors (Lipinski definition) is 2. The van der Waals surface area contributed by atoms with E-state index in [1.807, 2.05) is 59.5 Å². The van der Waals surface area contributed by atoms with Gasteiger partial charge in [-0.3, -0.25) is 4.79 Å². The number of likely N-dealkylation sites (tertiary alicyclic amines) is 1. The standard InChI is InChI=1S/C26H25N5O3/c32-25(27-18-19-8-6-9-20(16-19)28-26(33)30-13-4-5-14-30)23-17-22(24-12-7-15-34-24)29-31(23)21-10-2-1-3-11-21/h1-3,6-12,15-17H,4-5,13-14,18H2,(H,27,32)(H,28,33). The first-order valence-electron chi connectivity index (χ1n) is 11.3. The Labute approximate surface area is 197 Å². The first-order chi connectivity index (χ1) is 16.7. The number of anilines is 1. The predicted molar refractivity (Wildman–Crippen MR) is 129 cm³/mol. The molecule has 2 aromatic heterocycles. The molecular formula is C26H25N5O3. The SMILES string of the molecule is O=C(NCc1cccc(NC(=O)N2CCCC2)c1)c1cc(-c2ccco2)nn1-c1ccccc1. The van der Waals surface area contributed by atoms with Crippen molar-refractivity contribution in [2.75, 3.05) is 18.4 Å². The van der Waals surface area contributed by atoms with Crippen LogP contribution in [0.3, 0.4) is 0 Å². The van der Waals surface area contributed by atoms with E-state index in [4.69, 9.17) is 4.42 Å². The Morgan fingerprint density at radius 3 is 2.53 bits per heavy atom. The van der Waals surface area contributed by atoms with Crippen LogP contribution in [0, 0.1) is 0 Å². The highest BCUT2D eigenvalue weighted by atomic mass is 16.3. The summed E-state index contributed by atoms with van der Waals surface area (Å²) in [6.07, 6.45) is 3.66. The molecule has 0 radical (unpaired) electrons. The maximum absolute atomic E-state index is 13.2. The number of rotatable bonds is 6. The van der Waals surface area contributed by atoms with E-state index in [-0.39, 0.29) is 11.9 Å². The molecule has 0 aliphatic carbocycles. The summed E-state index contributed by atoms with van der Waals surface area (Å²) in [6.45, 7) is 1.88. The molecule has 0 bridgehead atoms. The molecule has 1 saturated heterocycles. The van der Waals surface area contributed by atoms with Gasteiger partial charge in [0.05, 0.1) is 12.0 Å². The second-order valence-corrected chi connectivity index (χ2v) is 8.15. The summed E-state index contributed by atoms with van der Waals surface area (Å²) in [5.74, 6) is 0.325. The maximum Gasteiger partial charge on any atom is 0.321 e. The van der Waals surface area contributed by atoms with E-state index in [9.17, 15) is 9.59 Å². The summed E-state index contributed by atoms with van der Waals surface area (Å²) in [7, 11) is 0. The molecule has 8 heteroatoms. The van der Waals surface area contributed by atoms with Gasteiger partial charge in [-0.25, -0.2) is 9.48 Å². The molecular weight excluding hydrogens is 430 g/mol. The molecule has 0 unspecified atom stereocenters. The van der Waals surface area contributed by atoms with Crippen molar-refractivity contribution in [3.05, 3.63) is 90.3 Å². The number of aromatic nitrogens is 2. The van der Waals surface area contributed by atoms with E-state index in [0.29, 0.717) is 29.4 Å². The molecule has 1 aliphatic rings. The van der Waals surface area contributed by atoms with Crippen LogP contribution in [0.5, 0.6) is 0 Å². The van der Waals surface area contributed by atoms with E-state index in [0.717, 1.165) is 37.2 Å². The molecule has 34 heavy (non-hydrogen) atoms. The maximum atomic E-state index is 13.2. The summed E-state index contributed by atoms with van der Waals surface area (Å²) in [5.41, 5.74) is 3.33. The Balaban J connectivity index is 1.31. The number of amides is 3. The van der Waals surface area contributed by atoms with Crippen LogP contribution in [-0.2, 0) is 6.54 Å². The number of hydrogen-bond acceptors (Lipinski definition) is 4. The molecule has 3 heterocycles. The third-order valence-electron chi connectivity index (χ3n) is 5.74. The fourth-order valence-corrected chi connectivity index (χ4v) is 4.01. The van der Waals surface area contributed by atoms with Crippen LogP contribution in [0.2, 0.25) is 0 Å². The van der Waals surface area contributed by atoms with Crippen molar-refractivity contribution >= 4 is 17.6 Å². The molecule has 8 nitrogen and oxygen atoms in total. The molecule has 1 fully saturated rings. The monoisotopic (exact) mass is 455 g/mol. The van der Waals surface area contributed by atoms with Crippen molar-refractivity contribution in [1.29, 1.82) is 0 Å². The van der Waals surface area contributed by atoms with Crippen molar-refractivity contribution in [2.24, 2.45) is 0 Å². The Morgan fingerprint density at radius 1 is 0.941 bits per heavy atom. The van der Waals surface area contributed by atoms with Gasteiger partial charge in [-0.2, -0.15) is 5.10 Å². The van der Waals surface area contributed by atoms with Crippen LogP contribution in [0.15, 0.2) is 83.5 Å². The van der Waals surface area contributed by atoms with Crippen LogP contribution in [0.1, 0.15) is 28.9 Å². The topological polar surface area (TPSA) is 92.4 Å². The lowest BCUT2D eigenvalue weighted by Gasteiger charge is -2.16. The largest absolute Gasteiger partial charge is 0.463 e. The van der Waals surface area contributed by atoms with Crippen LogP contribution in [-0.4, -0.2) is 39.7 Å². The lowest BCUT2D eigenvalue weighted by atomic mass is 10.2. The third kappa shape index (κ3) is 4.71. The highest BCUT2D eigenvalue weighted by molar-refractivity contribution is 5.94. The molecule has 2 N–H and O–H groups in total. The quantitative estimate of drug-likeness (QED) is 0.441. The van der Waals surface area contributed by atoms with Crippen molar-refractivity contribution < 1.29 is 14.0 Å². The van der Waals surface area contributed by atoms with E-state index >= 15 is 0 Å². The number of benzene rings is 2. The van der Waals surface area contributed by atoms with Crippen molar-refractivity contribution in [3.8, 4) is 17.1 Å². The molecule has 3 amide bonds. The fourth-order valence-electron chi connectivity index (χ4n) is 4.01. The number of furan rings is 1. The summed E-state index contributed by atoms with van der Waals surface area (Å²) >= 11 is 0. The van der Waals surface area contributed by atoms with Gasteiger partial charge in [0.2, 0.25) is 0 Å². The summed E-state index contributed by atoms with van der Waals surface area (Å²) in [6, 6.07) is 22.2. The van der Waals surface area contributed by atoms with Crippen LogP contribution in [0.25, 0.3) is 17.1 Å². The smallest absolute Gasteiger partial charge is 0.321 e. The number of nitrogens with one attached hydrogen (secondary N) is 2. The van der Waals surface area contributed by atoms with E-state index < -0.39 is 0 Å². The van der Waals surface area contributed by atoms with Gasteiger partial charge in [0.1, 0.15) is 11.4 Å². The van der Waals surface area contributed by atoms with Gasteiger partial charge in [-0.1, -0.05) is 30.3 Å². The first kappa shape index (κ1) is 21.5. The Morgan fingerprint density at radius 2 is 1.76 bits per heavy atom. The van der Waals surface area contributed by atoms with Gasteiger partial charge >= 0.3 is 6.03 Å². The van der Waals surface area contributed by atoms with Crippen molar-refractivity contribution in [2.45, 2.75) is 19.4 Å². The number of nitrogens with zero attached hydrogens (tertiary/aromatic N) is 3. The van der Waals surface area contributed by atoms with Gasteiger partial charge in [-0.05, 0) is 54.8 Å². The Kier molecular flexibility index (Phi) is 6.11. The number of carbonyl (C=O) groups excluding carboxylic acids is 2. The second-order valence-electron chi connectivity index (χ2n) is 8.15. The molecule has 172 valence electrons. The molecule has 0 spiro atoms. The van der Waals surface area contributed by atoms with Gasteiger partial charge in [0.15, 0.2) is 5.76 Å². The Hall–Kier alpha value is -4.33. The third-order valence-corrected chi connectivity index (χ3v) is 5.74. The minimum atomic E-state index is -0.263. The van der Waals surface area contributed by atoms with E-state index in [1.165, 1.54) is 0 Å². The lowest BCUT2D eigenvalue weighted by Crippen LogP contribution is -2.32. The van der Waals surface area contributed by atoms with Gasteiger partial charge in [-0.15, -0.1) is 0 Å². The van der Waals surface area contributed by atoms with E-state index in [2.05, 4.69) is 15.7 Å². The highest BCUT2D eigenvalue weighted by Gasteiger charge is 2.19. The van der Waals surface area contributed by atoms with Crippen LogP contribution in [0.4, 0.5) is 10.5 Å². The highest BCUT2D eigenvalue weighted by Crippen LogP contribution is 2.22. The predicted octanol–water partition coefficient (Wildman–Crippen LogP) is 4.69. The normalized spacial score (nSPS) is 13.1. The van der Waals surface area contributed by atoms with Crippen LogP contribution >= 0.6 is 0 Å². The van der Waals surface area contributed by atoms with Gasteiger partial charge in [0.25, 0.3) is 5.91 Å². The molecule has 2 aromatic carbocycles. The van der Waals surface area contributed by atoms with Crippen molar-refractivity contribution in [3.63, 3.8) is 0 Å². The minimum Gasteiger partial charge on any atom is -0.463 e. The molecule has 0 saturated carbocycles. The number of urea groups is 1. The average molecular weight is 456 g/mol. The summed E-state index contributed by atoms with van der Waals surface area (Å²) in [5, 5.41) is 10.5. The zero-order valence-corrected chi connectivity index (χ0v) is 18.6. The molecule has 0 atom stereocenters. The van der Waals surface area contributed by atoms with E-state index in [1.54, 1.807) is 29.1 Å². The van der Waals surface area contributed by atoms with Gasteiger partial charge < -0.3 is 20.0 Å².